The molecule has 0 radical (unpaired) electrons. The smallest absolute Gasteiger partial charge is 0.246 e. The summed E-state index contributed by atoms with van der Waals surface area (Å²) in [6, 6.07) is 0. The van der Waals surface area contributed by atoms with Crippen molar-refractivity contribution in [1.82, 2.24) is 0 Å². The topological polar surface area (TPSA) is 0 Å². The minimum absolute atomic E-state index is 1.18. The Kier molecular flexibility index (Phi) is 1.29. The first-order chi connectivity index (χ1) is 4.28. The first-order valence-electron chi connectivity index (χ1n) is 2.98. The van der Waals surface area contributed by atoms with E-state index in [1.807, 2.05) is 0 Å². The summed E-state index contributed by atoms with van der Waals surface area (Å²) in [5, 5.41) is 0. The molecular formula is C6H8F4. The van der Waals surface area contributed by atoms with Gasteiger partial charge in [0.25, 0.3) is 0 Å². The Labute approximate surface area is 56.2 Å². The van der Waals surface area contributed by atoms with Crippen LogP contribution in [0.2, 0.25) is 0 Å². The molecule has 4 heteroatoms. The first kappa shape index (κ1) is 7.82. The van der Waals surface area contributed by atoms with Crippen LogP contribution in [-0.2, 0) is 0 Å². The third-order valence-electron chi connectivity index (χ3n) is 2.05. The summed E-state index contributed by atoms with van der Waals surface area (Å²) in [5.41, 5.74) is -1.18. The number of hydrogen-bond acceptors (Lipinski definition) is 0. The summed E-state index contributed by atoms with van der Waals surface area (Å²) < 4.78 is 47.6. The van der Waals surface area contributed by atoms with Crippen molar-refractivity contribution in [2.24, 2.45) is 11.3 Å². The van der Waals surface area contributed by atoms with Crippen LogP contribution in [0.3, 0.4) is 0 Å². The minimum Gasteiger partial charge on any atom is -0.246 e. The van der Waals surface area contributed by atoms with Crippen molar-refractivity contribution < 1.29 is 17.6 Å². The average molecular weight is 156 g/mol. The Bertz CT molecular complexity index is 136. The number of rotatable bonds is 0. The van der Waals surface area contributed by atoms with Gasteiger partial charge in [0.2, 0.25) is 0 Å². The van der Waals surface area contributed by atoms with E-state index in [4.69, 9.17) is 0 Å². The summed E-state index contributed by atoms with van der Waals surface area (Å²) in [7, 11) is 0. The van der Waals surface area contributed by atoms with Gasteiger partial charge in [0.15, 0.2) is 0 Å². The van der Waals surface area contributed by atoms with Gasteiger partial charge < -0.3 is 0 Å². The molecule has 0 nitrogen and oxygen atoms in total. The quantitative estimate of drug-likeness (QED) is 0.473. The monoisotopic (exact) mass is 156 g/mol. The van der Waals surface area contributed by atoms with Crippen LogP contribution >= 0.6 is 0 Å². The lowest BCUT2D eigenvalue weighted by Crippen LogP contribution is -2.14. The van der Waals surface area contributed by atoms with E-state index < -0.39 is 23.7 Å². The second-order valence-electron chi connectivity index (χ2n) is 3.24. The molecule has 1 aliphatic rings. The van der Waals surface area contributed by atoms with Crippen LogP contribution in [0.15, 0.2) is 0 Å². The molecular weight excluding hydrogens is 148 g/mol. The molecule has 1 saturated carbocycles. The average Bonchev–Trinajstić information content (AvgIpc) is 2.03. The van der Waals surface area contributed by atoms with Crippen molar-refractivity contribution in [3.8, 4) is 0 Å². The van der Waals surface area contributed by atoms with E-state index >= 15 is 0 Å². The molecule has 0 aromatic heterocycles. The zero-order valence-corrected chi connectivity index (χ0v) is 5.67. The highest BCUT2D eigenvalue weighted by Gasteiger charge is 2.71. The maximum absolute atomic E-state index is 12.3. The predicted octanol–water partition coefficient (Wildman–Crippen LogP) is 2.54. The zero-order chi connectivity index (χ0) is 8.15. The lowest BCUT2D eigenvalue weighted by molar-refractivity contribution is -0.157. The number of alkyl halides is 4. The molecule has 0 bridgehead atoms. The van der Waals surface area contributed by atoms with Gasteiger partial charge in [0.1, 0.15) is 6.17 Å². The first-order valence-corrected chi connectivity index (χ1v) is 2.98. The Hall–Kier alpha value is -0.280. The fourth-order valence-corrected chi connectivity index (χ4v) is 1.16. The Morgan fingerprint density at radius 3 is 1.50 bits per heavy atom. The fourth-order valence-electron chi connectivity index (χ4n) is 1.16. The Morgan fingerprint density at radius 2 is 1.50 bits per heavy atom. The SMILES string of the molecule is CC1(C)C(F)C1C(F)(F)F. The second-order valence-corrected chi connectivity index (χ2v) is 3.24. The summed E-state index contributed by atoms with van der Waals surface area (Å²) >= 11 is 0. The molecule has 2 unspecified atom stereocenters. The van der Waals surface area contributed by atoms with Crippen molar-refractivity contribution in [3.63, 3.8) is 0 Å². The Morgan fingerprint density at radius 1 is 1.20 bits per heavy atom. The van der Waals surface area contributed by atoms with Gasteiger partial charge in [-0.3, -0.25) is 0 Å². The molecule has 10 heavy (non-hydrogen) atoms. The largest absolute Gasteiger partial charge is 0.395 e. The highest BCUT2D eigenvalue weighted by atomic mass is 19.4. The van der Waals surface area contributed by atoms with Gasteiger partial charge in [-0.15, -0.1) is 0 Å². The van der Waals surface area contributed by atoms with E-state index in [1.165, 1.54) is 13.8 Å². The van der Waals surface area contributed by atoms with Gasteiger partial charge in [0, 0.05) is 5.41 Å². The van der Waals surface area contributed by atoms with E-state index in [2.05, 4.69) is 0 Å². The normalized spacial score (nSPS) is 37.8. The van der Waals surface area contributed by atoms with Crippen molar-refractivity contribution in [2.75, 3.05) is 0 Å². The molecule has 1 rings (SSSR count). The van der Waals surface area contributed by atoms with Crippen LogP contribution in [0, 0.1) is 11.3 Å². The third-order valence-corrected chi connectivity index (χ3v) is 2.05. The highest BCUT2D eigenvalue weighted by Crippen LogP contribution is 2.61. The minimum atomic E-state index is -4.36. The van der Waals surface area contributed by atoms with Crippen molar-refractivity contribution in [2.45, 2.75) is 26.2 Å². The molecule has 0 amide bonds. The van der Waals surface area contributed by atoms with E-state index in [-0.39, 0.29) is 0 Å². The molecule has 1 aliphatic carbocycles. The number of hydrogen-bond donors (Lipinski definition) is 0. The lowest BCUT2D eigenvalue weighted by Gasteiger charge is -2.04. The molecule has 0 N–H and O–H groups in total. The van der Waals surface area contributed by atoms with Crippen LogP contribution in [0.4, 0.5) is 17.6 Å². The van der Waals surface area contributed by atoms with E-state index in [9.17, 15) is 17.6 Å². The molecule has 0 aromatic rings. The van der Waals surface area contributed by atoms with Crippen molar-refractivity contribution in [3.05, 3.63) is 0 Å². The molecule has 0 heterocycles. The molecule has 0 spiro atoms. The number of halogens is 4. The summed E-state index contributed by atoms with van der Waals surface area (Å²) in [5.74, 6) is -1.74. The molecule has 1 fully saturated rings. The summed E-state index contributed by atoms with van der Waals surface area (Å²) in [6.07, 6.45) is -6.06. The van der Waals surface area contributed by atoms with E-state index in [1.54, 1.807) is 0 Å². The van der Waals surface area contributed by atoms with Crippen LogP contribution in [0.1, 0.15) is 13.8 Å². The van der Waals surface area contributed by atoms with Gasteiger partial charge in [-0.05, 0) is 0 Å². The van der Waals surface area contributed by atoms with Crippen molar-refractivity contribution >= 4 is 0 Å². The molecule has 2 atom stereocenters. The molecule has 0 saturated heterocycles. The van der Waals surface area contributed by atoms with Gasteiger partial charge in [-0.1, -0.05) is 13.8 Å². The molecule has 0 aromatic carbocycles. The maximum Gasteiger partial charge on any atom is 0.395 e. The predicted molar refractivity (Wildman–Crippen MR) is 28.2 cm³/mol. The van der Waals surface area contributed by atoms with E-state index in [0.717, 1.165) is 0 Å². The standard InChI is InChI=1S/C6H8F4/c1-5(2)3(4(5)7)6(8,9)10/h3-4H,1-2H3. The molecule has 60 valence electrons. The maximum atomic E-state index is 12.3. The van der Waals surface area contributed by atoms with Gasteiger partial charge in [0.05, 0.1) is 5.92 Å². The summed E-state index contributed by atoms with van der Waals surface area (Å²) in [4.78, 5) is 0. The van der Waals surface area contributed by atoms with Crippen LogP contribution < -0.4 is 0 Å². The van der Waals surface area contributed by atoms with Crippen molar-refractivity contribution in [1.29, 1.82) is 0 Å². The third kappa shape index (κ3) is 0.896. The lowest BCUT2D eigenvalue weighted by atomic mass is 10.1. The fraction of sp³-hybridized carbons (Fsp3) is 1.00. The molecule has 0 aliphatic heterocycles. The van der Waals surface area contributed by atoms with Gasteiger partial charge in [-0.2, -0.15) is 13.2 Å². The summed E-state index contributed by atoms with van der Waals surface area (Å²) in [6.45, 7) is 2.58. The highest BCUT2D eigenvalue weighted by molar-refractivity contribution is 5.09. The zero-order valence-electron chi connectivity index (χ0n) is 5.67. The van der Waals surface area contributed by atoms with Crippen LogP contribution in [0.25, 0.3) is 0 Å². The Balaban J connectivity index is 2.66. The second kappa shape index (κ2) is 1.66. The van der Waals surface area contributed by atoms with Gasteiger partial charge in [-0.25, -0.2) is 4.39 Å². The van der Waals surface area contributed by atoms with Crippen LogP contribution in [-0.4, -0.2) is 12.3 Å². The van der Waals surface area contributed by atoms with Gasteiger partial charge >= 0.3 is 6.18 Å². The van der Waals surface area contributed by atoms with Crippen LogP contribution in [0.5, 0.6) is 0 Å². The van der Waals surface area contributed by atoms with E-state index in [0.29, 0.717) is 0 Å².